The molecule has 0 atom stereocenters. The standard InChI is InChI=1S/C16H15NO/c1-11-7-12(2)9-15(8-11)18-16-13(3)5-4-6-14(16)10-17/h4-9H,1-3H3. The average molecular weight is 237 g/mol. The molecule has 0 saturated heterocycles. The fourth-order valence-corrected chi connectivity index (χ4v) is 1.99. The third-order valence-electron chi connectivity index (χ3n) is 2.75. The molecule has 2 nitrogen and oxygen atoms in total. The number of para-hydroxylation sites is 1. The van der Waals surface area contributed by atoms with Gasteiger partial charge < -0.3 is 4.74 Å². The number of ether oxygens (including phenoxy) is 1. The predicted molar refractivity (Wildman–Crippen MR) is 71.9 cm³/mol. The van der Waals surface area contributed by atoms with Gasteiger partial charge in [0.1, 0.15) is 17.6 Å². The van der Waals surface area contributed by atoms with E-state index in [1.807, 2.05) is 45.0 Å². The maximum absolute atomic E-state index is 9.10. The number of rotatable bonds is 2. The number of hydrogen-bond donors (Lipinski definition) is 0. The smallest absolute Gasteiger partial charge is 0.148 e. The van der Waals surface area contributed by atoms with E-state index in [2.05, 4.69) is 12.1 Å². The average Bonchev–Trinajstić information content (AvgIpc) is 2.30. The number of nitriles is 1. The van der Waals surface area contributed by atoms with Crippen LogP contribution in [0.1, 0.15) is 22.3 Å². The van der Waals surface area contributed by atoms with Crippen LogP contribution in [0.25, 0.3) is 0 Å². The van der Waals surface area contributed by atoms with Crippen LogP contribution in [-0.2, 0) is 0 Å². The minimum Gasteiger partial charge on any atom is -0.456 e. The molecule has 0 radical (unpaired) electrons. The van der Waals surface area contributed by atoms with Gasteiger partial charge in [-0.05, 0) is 55.7 Å². The van der Waals surface area contributed by atoms with E-state index < -0.39 is 0 Å². The van der Waals surface area contributed by atoms with Gasteiger partial charge in [-0.25, -0.2) is 0 Å². The zero-order chi connectivity index (χ0) is 13.1. The Balaban J connectivity index is 2.43. The summed E-state index contributed by atoms with van der Waals surface area (Å²) in [5.41, 5.74) is 3.83. The van der Waals surface area contributed by atoms with Crippen LogP contribution in [0.15, 0.2) is 36.4 Å². The van der Waals surface area contributed by atoms with Crippen molar-refractivity contribution in [1.82, 2.24) is 0 Å². The molecule has 18 heavy (non-hydrogen) atoms. The molecular formula is C16H15NO. The summed E-state index contributed by atoms with van der Waals surface area (Å²) < 4.78 is 5.87. The van der Waals surface area contributed by atoms with Crippen molar-refractivity contribution in [2.75, 3.05) is 0 Å². The quantitative estimate of drug-likeness (QED) is 0.781. The molecule has 0 aliphatic rings. The minimum absolute atomic E-state index is 0.564. The summed E-state index contributed by atoms with van der Waals surface area (Å²) in [5, 5.41) is 9.10. The van der Waals surface area contributed by atoms with Crippen molar-refractivity contribution in [3.63, 3.8) is 0 Å². The Morgan fingerprint density at radius 3 is 2.28 bits per heavy atom. The molecule has 0 spiro atoms. The Morgan fingerprint density at radius 1 is 1.00 bits per heavy atom. The molecule has 2 rings (SSSR count). The molecule has 0 unspecified atom stereocenters. The van der Waals surface area contributed by atoms with E-state index in [9.17, 15) is 0 Å². The monoisotopic (exact) mass is 237 g/mol. The van der Waals surface area contributed by atoms with E-state index in [-0.39, 0.29) is 0 Å². The fourth-order valence-electron chi connectivity index (χ4n) is 1.99. The molecule has 0 fully saturated rings. The molecule has 0 aliphatic heterocycles. The summed E-state index contributed by atoms with van der Waals surface area (Å²) in [6.45, 7) is 6.00. The Morgan fingerprint density at radius 2 is 1.67 bits per heavy atom. The van der Waals surface area contributed by atoms with Crippen LogP contribution in [0.2, 0.25) is 0 Å². The largest absolute Gasteiger partial charge is 0.456 e. The van der Waals surface area contributed by atoms with Gasteiger partial charge in [-0.15, -0.1) is 0 Å². The first-order valence-electron chi connectivity index (χ1n) is 5.86. The minimum atomic E-state index is 0.564. The molecule has 0 aliphatic carbocycles. The van der Waals surface area contributed by atoms with Crippen LogP contribution in [0.5, 0.6) is 11.5 Å². The van der Waals surface area contributed by atoms with Gasteiger partial charge in [0.2, 0.25) is 0 Å². The van der Waals surface area contributed by atoms with E-state index in [0.717, 1.165) is 22.4 Å². The highest BCUT2D eigenvalue weighted by molar-refractivity contribution is 5.50. The zero-order valence-corrected chi connectivity index (χ0v) is 10.8. The normalized spacial score (nSPS) is 9.89. The molecule has 0 N–H and O–H groups in total. The van der Waals surface area contributed by atoms with Crippen LogP contribution in [0, 0.1) is 32.1 Å². The summed E-state index contributed by atoms with van der Waals surface area (Å²) in [5.74, 6) is 1.42. The topological polar surface area (TPSA) is 33.0 Å². The van der Waals surface area contributed by atoms with Gasteiger partial charge >= 0.3 is 0 Å². The van der Waals surface area contributed by atoms with Crippen molar-refractivity contribution in [2.45, 2.75) is 20.8 Å². The molecule has 0 amide bonds. The maximum atomic E-state index is 9.10. The van der Waals surface area contributed by atoms with Crippen LogP contribution in [0.4, 0.5) is 0 Å². The lowest BCUT2D eigenvalue weighted by Gasteiger charge is -2.11. The SMILES string of the molecule is Cc1cc(C)cc(Oc2c(C)cccc2C#N)c1. The molecule has 2 aromatic rings. The molecule has 90 valence electrons. The summed E-state index contributed by atoms with van der Waals surface area (Å²) >= 11 is 0. The molecule has 2 heteroatoms. The Hall–Kier alpha value is -2.27. The highest BCUT2D eigenvalue weighted by atomic mass is 16.5. The number of aryl methyl sites for hydroxylation is 3. The molecule has 0 heterocycles. The summed E-state index contributed by atoms with van der Waals surface area (Å²) in [4.78, 5) is 0. The van der Waals surface area contributed by atoms with Crippen LogP contribution in [0.3, 0.4) is 0 Å². The Labute approximate surface area is 107 Å². The maximum Gasteiger partial charge on any atom is 0.148 e. The van der Waals surface area contributed by atoms with E-state index in [4.69, 9.17) is 10.00 Å². The first-order chi connectivity index (χ1) is 8.60. The van der Waals surface area contributed by atoms with E-state index in [1.54, 1.807) is 6.07 Å². The Kier molecular flexibility index (Phi) is 3.34. The molecule has 0 aromatic heterocycles. The lowest BCUT2D eigenvalue weighted by molar-refractivity contribution is 0.476. The first-order valence-corrected chi connectivity index (χ1v) is 5.86. The van der Waals surface area contributed by atoms with Gasteiger partial charge in [-0.2, -0.15) is 5.26 Å². The van der Waals surface area contributed by atoms with Gasteiger partial charge in [0.25, 0.3) is 0 Å². The summed E-state index contributed by atoms with van der Waals surface area (Å²) in [6, 6.07) is 13.8. The molecule has 0 bridgehead atoms. The van der Waals surface area contributed by atoms with Crippen molar-refractivity contribution in [3.8, 4) is 17.6 Å². The third kappa shape index (κ3) is 2.52. The van der Waals surface area contributed by atoms with Crippen molar-refractivity contribution >= 4 is 0 Å². The number of benzene rings is 2. The van der Waals surface area contributed by atoms with Crippen molar-refractivity contribution in [3.05, 3.63) is 58.7 Å². The van der Waals surface area contributed by atoms with Gasteiger partial charge in [0.15, 0.2) is 0 Å². The van der Waals surface area contributed by atoms with Crippen LogP contribution < -0.4 is 4.74 Å². The van der Waals surface area contributed by atoms with Crippen molar-refractivity contribution in [2.24, 2.45) is 0 Å². The third-order valence-corrected chi connectivity index (χ3v) is 2.75. The number of hydrogen-bond acceptors (Lipinski definition) is 2. The second kappa shape index (κ2) is 4.93. The van der Waals surface area contributed by atoms with Gasteiger partial charge in [-0.1, -0.05) is 18.2 Å². The van der Waals surface area contributed by atoms with Gasteiger partial charge in [0, 0.05) is 0 Å². The summed E-state index contributed by atoms with van der Waals surface area (Å²) in [6.07, 6.45) is 0. The van der Waals surface area contributed by atoms with E-state index >= 15 is 0 Å². The van der Waals surface area contributed by atoms with Crippen LogP contribution >= 0.6 is 0 Å². The van der Waals surface area contributed by atoms with E-state index in [1.165, 1.54) is 0 Å². The fraction of sp³-hybridized carbons (Fsp3) is 0.188. The Bertz CT molecular complexity index is 603. The van der Waals surface area contributed by atoms with E-state index in [0.29, 0.717) is 11.3 Å². The molecular weight excluding hydrogens is 222 g/mol. The molecule has 0 saturated carbocycles. The van der Waals surface area contributed by atoms with Crippen LogP contribution in [-0.4, -0.2) is 0 Å². The van der Waals surface area contributed by atoms with Gasteiger partial charge in [0.05, 0.1) is 5.56 Å². The van der Waals surface area contributed by atoms with Crippen molar-refractivity contribution < 1.29 is 4.74 Å². The summed E-state index contributed by atoms with van der Waals surface area (Å²) in [7, 11) is 0. The lowest BCUT2D eigenvalue weighted by Crippen LogP contribution is -1.92. The highest BCUT2D eigenvalue weighted by Gasteiger charge is 2.08. The highest BCUT2D eigenvalue weighted by Crippen LogP contribution is 2.29. The first kappa shape index (κ1) is 12.2. The van der Waals surface area contributed by atoms with Crippen molar-refractivity contribution in [1.29, 1.82) is 5.26 Å². The molecule has 2 aromatic carbocycles. The second-order valence-electron chi connectivity index (χ2n) is 4.49. The second-order valence-corrected chi connectivity index (χ2v) is 4.49. The lowest BCUT2D eigenvalue weighted by atomic mass is 10.1. The number of nitrogens with zero attached hydrogens (tertiary/aromatic N) is 1. The van der Waals surface area contributed by atoms with Gasteiger partial charge in [-0.3, -0.25) is 0 Å². The zero-order valence-electron chi connectivity index (χ0n) is 10.8. The predicted octanol–water partition coefficient (Wildman–Crippen LogP) is 4.28.